The number of benzene rings is 1. The molecule has 1 rings (SSSR count). The van der Waals surface area contributed by atoms with Crippen molar-refractivity contribution in [1.82, 2.24) is 5.32 Å². The molecular formula is C13H18ClFN2O2. The van der Waals surface area contributed by atoms with Gasteiger partial charge < -0.3 is 15.8 Å². The van der Waals surface area contributed by atoms with Gasteiger partial charge in [0.05, 0.1) is 5.02 Å². The Morgan fingerprint density at radius 2 is 2.16 bits per heavy atom. The molecule has 0 bridgehead atoms. The van der Waals surface area contributed by atoms with Gasteiger partial charge in [0.2, 0.25) is 0 Å². The lowest BCUT2D eigenvalue weighted by Gasteiger charge is -2.21. The van der Waals surface area contributed by atoms with Crippen LogP contribution in [-0.4, -0.2) is 18.2 Å². The fourth-order valence-electron chi connectivity index (χ4n) is 1.37. The second-order valence-electron chi connectivity index (χ2n) is 5.16. The van der Waals surface area contributed by atoms with Crippen molar-refractivity contribution in [2.45, 2.75) is 32.4 Å². The van der Waals surface area contributed by atoms with Crippen LogP contribution in [0.3, 0.4) is 0 Å². The summed E-state index contributed by atoms with van der Waals surface area (Å²) in [4.78, 5) is 11.4. The number of alkyl carbamates (subject to hydrolysis) is 1. The average molecular weight is 289 g/mol. The predicted molar refractivity (Wildman–Crippen MR) is 72.6 cm³/mol. The topological polar surface area (TPSA) is 64.3 Å². The smallest absolute Gasteiger partial charge is 0.407 e. The summed E-state index contributed by atoms with van der Waals surface area (Å²) in [5.41, 5.74) is 5.83. The highest BCUT2D eigenvalue weighted by atomic mass is 35.5. The molecule has 0 spiro atoms. The molecule has 3 N–H and O–H groups in total. The molecule has 4 nitrogen and oxygen atoms in total. The van der Waals surface area contributed by atoms with E-state index in [1.54, 1.807) is 26.8 Å². The highest BCUT2D eigenvalue weighted by Gasteiger charge is 2.17. The summed E-state index contributed by atoms with van der Waals surface area (Å²) < 4.78 is 18.3. The summed E-state index contributed by atoms with van der Waals surface area (Å²) in [6, 6.07) is 3.77. The van der Waals surface area contributed by atoms with Crippen LogP contribution in [0.5, 0.6) is 0 Å². The minimum atomic E-state index is -0.569. The summed E-state index contributed by atoms with van der Waals surface area (Å²) in [6.07, 6.45) is -0.558. The van der Waals surface area contributed by atoms with Crippen LogP contribution >= 0.6 is 11.6 Å². The molecule has 0 aliphatic rings. The van der Waals surface area contributed by atoms with Crippen molar-refractivity contribution in [2.24, 2.45) is 5.73 Å². The SMILES string of the molecule is CC(C)(C)OC(=O)NCC(N)c1ccc(Cl)c(F)c1. The molecular weight excluding hydrogens is 271 g/mol. The molecule has 0 saturated heterocycles. The number of halogens is 2. The Labute approximate surface area is 117 Å². The lowest BCUT2D eigenvalue weighted by Crippen LogP contribution is -2.36. The minimum Gasteiger partial charge on any atom is -0.444 e. The number of nitrogens with one attached hydrogen (secondary N) is 1. The number of nitrogens with two attached hydrogens (primary N) is 1. The van der Waals surface area contributed by atoms with Crippen LogP contribution in [0.25, 0.3) is 0 Å². The Hall–Kier alpha value is -1.33. The van der Waals surface area contributed by atoms with Crippen LogP contribution < -0.4 is 11.1 Å². The van der Waals surface area contributed by atoms with E-state index in [0.717, 1.165) is 0 Å². The first kappa shape index (κ1) is 15.7. The summed E-state index contributed by atoms with van der Waals surface area (Å²) in [5, 5.41) is 2.57. The number of ether oxygens (including phenoxy) is 1. The molecule has 0 radical (unpaired) electrons. The van der Waals surface area contributed by atoms with E-state index in [1.165, 1.54) is 12.1 Å². The van der Waals surface area contributed by atoms with E-state index < -0.39 is 23.6 Å². The molecule has 0 saturated carbocycles. The largest absolute Gasteiger partial charge is 0.444 e. The molecule has 1 atom stereocenters. The van der Waals surface area contributed by atoms with Gasteiger partial charge in [-0.25, -0.2) is 9.18 Å². The molecule has 106 valence electrons. The van der Waals surface area contributed by atoms with Crippen molar-refractivity contribution in [3.05, 3.63) is 34.6 Å². The maximum atomic E-state index is 13.3. The van der Waals surface area contributed by atoms with Gasteiger partial charge in [-0.15, -0.1) is 0 Å². The highest BCUT2D eigenvalue weighted by Crippen LogP contribution is 2.18. The van der Waals surface area contributed by atoms with Gasteiger partial charge in [-0.05, 0) is 38.5 Å². The van der Waals surface area contributed by atoms with E-state index in [1.807, 2.05) is 0 Å². The van der Waals surface area contributed by atoms with Crippen molar-refractivity contribution in [2.75, 3.05) is 6.54 Å². The lowest BCUT2D eigenvalue weighted by atomic mass is 10.1. The quantitative estimate of drug-likeness (QED) is 0.898. The Kier molecular flexibility index (Phi) is 5.14. The summed E-state index contributed by atoms with van der Waals surface area (Å²) in [6.45, 7) is 5.44. The molecule has 0 fully saturated rings. The third kappa shape index (κ3) is 5.44. The van der Waals surface area contributed by atoms with Gasteiger partial charge in [-0.3, -0.25) is 0 Å². The lowest BCUT2D eigenvalue weighted by molar-refractivity contribution is 0.0524. The predicted octanol–water partition coefficient (Wildman–Crippen LogP) is 3.00. The molecule has 1 amide bonds. The molecule has 1 unspecified atom stereocenters. The van der Waals surface area contributed by atoms with E-state index in [9.17, 15) is 9.18 Å². The van der Waals surface area contributed by atoms with Crippen LogP contribution in [0.2, 0.25) is 5.02 Å². The standard InChI is InChI=1S/C13H18ClFN2O2/c1-13(2,3)19-12(18)17-7-11(16)8-4-5-9(14)10(15)6-8/h4-6,11H,7,16H2,1-3H3,(H,17,18). The summed E-state index contributed by atoms with van der Waals surface area (Å²) >= 11 is 5.58. The monoisotopic (exact) mass is 288 g/mol. The maximum Gasteiger partial charge on any atom is 0.407 e. The highest BCUT2D eigenvalue weighted by molar-refractivity contribution is 6.30. The van der Waals surface area contributed by atoms with Crippen LogP contribution in [0.4, 0.5) is 9.18 Å². The summed E-state index contributed by atoms with van der Waals surface area (Å²) in [5.74, 6) is -0.535. The number of rotatable bonds is 3. The first-order chi connectivity index (χ1) is 8.69. The fraction of sp³-hybridized carbons (Fsp3) is 0.462. The van der Waals surface area contributed by atoms with Crippen molar-refractivity contribution < 1.29 is 13.9 Å². The molecule has 0 heterocycles. The van der Waals surface area contributed by atoms with Crippen molar-refractivity contribution in [3.8, 4) is 0 Å². The van der Waals surface area contributed by atoms with E-state index in [0.29, 0.717) is 5.56 Å². The second kappa shape index (κ2) is 6.21. The molecule has 1 aromatic rings. The Morgan fingerprint density at radius 1 is 1.53 bits per heavy atom. The molecule has 0 aliphatic heterocycles. The van der Waals surface area contributed by atoms with E-state index in [4.69, 9.17) is 22.1 Å². The zero-order chi connectivity index (χ0) is 14.6. The number of hydrogen-bond donors (Lipinski definition) is 2. The van der Waals surface area contributed by atoms with E-state index in [2.05, 4.69) is 5.32 Å². The number of carbonyl (C=O) groups is 1. The van der Waals surface area contributed by atoms with Gasteiger partial charge in [0, 0.05) is 12.6 Å². The van der Waals surface area contributed by atoms with Crippen molar-refractivity contribution in [1.29, 1.82) is 0 Å². The van der Waals surface area contributed by atoms with Gasteiger partial charge in [-0.1, -0.05) is 17.7 Å². The number of carbonyl (C=O) groups excluding carboxylic acids is 1. The maximum absolute atomic E-state index is 13.3. The van der Waals surface area contributed by atoms with Gasteiger partial charge in [0.1, 0.15) is 11.4 Å². The third-order valence-corrected chi connectivity index (χ3v) is 2.54. The van der Waals surface area contributed by atoms with E-state index in [-0.39, 0.29) is 11.6 Å². The van der Waals surface area contributed by atoms with Crippen molar-refractivity contribution in [3.63, 3.8) is 0 Å². The van der Waals surface area contributed by atoms with Crippen LogP contribution in [-0.2, 0) is 4.74 Å². The average Bonchev–Trinajstić information content (AvgIpc) is 2.27. The normalized spacial score (nSPS) is 12.9. The Bertz CT molecular complexity index is 460. The zero-order valence-electron chi connectivity index (χ0n) is 11.2. The minimum absolute atomic E-state index is 0.0380. The van der Waals surface area contributed by atoms with Gasteiger partial charge in [0.25, 0.3) is 0 Å². The van der Waals surface area contributed by atoms with Crippen LogP contribution in [0, 0.1) is 5.82 Å². The Balaban J connectivity index is 2.53. The van der Waals surface area contributed by atoms with E-state index >= 15 is 0 Å². The van der Waals surface area contributed by atoms with Gasteiger partial charge in [0.15, 0.2) is 0 Å². The first-order valence-corrected chi connectivity index (χ1v) is 6.24. The van der Waals surface area contributed by atoms with Crippen molar-refractivity contribution >= 4 is 17.7 Å². The number of amides is 1. The molecule has 1 aromatic carbocycles. The summed E-state index contributed by atoms with van der Waals surface area (Å²) in [7, 11) is 0. The molecule has 6 heteroatoms. The fourth-order valence-corrected chi connectivity index (χ4v) is 1.49. The third-order valence-electron chi connectivity index (χ3n) is 2.24. The second-order valence-corrected chi connectivity index (χ2v) is 5.57. The number of hydrogen-bond acceptors (Lipinski definition) is 3. The molecule has 0 aliphatic carbocycles. The van der Waals surface area contributed by atoms with Gasteiger partial charge in [-0.2, -0.15) is 0 Å². The van der Waals surface area contributed by atoms with Crippen LogP contribution in [0.1, 0.15) is 32.4 Å². The zero-order valence-corrected chi connectivity index (χ0v) is 11.9. The Morgan fingerprint density at radius 3 is 2.68 bits per heavy atom. The first-order valence-electron chi connectivity index (χ1n) is 5.86. The van der Waals surface area contributed by atoms with Crippen LogP contribution in [0.15, 0.2) is 18.2 Å². The van der Waals surface area contributed by atoms with Gasteiger partial charge >= 0.3 is 6.09 Å². The molecule has 0 aromatic heterocycles. The molecule has 19 heavy (non-hydrogen) atoms.